The van der Waals surface area contributed by atoms with E-state index in [-0.39, 0.29) is 11.7 Å². The molecular weight excluding hydrogens is 412 g/mol. The van der Waals surface area contributed by atoms with Crippen molar-refractivity contribution >= 4 is 38.5 Å². The van der Waals surface area contributed by atoms with Gasteiger partial charge in [0.05, 0.1) is 18.0 Å². The molecule has 31 heavy (non-hydrogen) atoms. The summed E-state index contributed by atoms with van der Waals surface area (Å²) in [7, 11) is -3.18. The van der Waals surface area contributed by atoms with E-state index < -0.39 is 10.0 Å². The summed E-state index contributed by atoms with van der Waals surface area (Å²) in [6.45, 7) is 1.28. The SMILES string of the molecule is O=C(/C=C/c1ccc(N2CCCS2(=O)=O)cc1)NCCOc1ccc2ccccc2c1. The summed E-state index contributed by atoms with van der Waals surface area (Å²) in [5.74, 6) is 0.747. The Hall–Kier alpha value is -3.32. The van der Waals surface area contributed by atoms with Gasteiger partial charge in [-0.25, -0.2) is 8.42 Å². The molecule has 0 radical (unpaired) electrons. The summed E-state index contributed by atoms with van der Waals surface area (Å²) < 4.78 is 31.1. The van der Waals surface area contributed by atoms with Crippen LogP contribution in [0.1, 0.15) is 12.0 Å². The zero-order valence-corrected chi connectivity index (χ0v) is 17.8. The molecule has 7 heteroatoms. The van der Waals surface area contributed by atoms with E-state index in [1.54, 1.807) is 30.3 Å². The average Bonchev–Trinajstić information content (AvgIpc) is 3.14. The molecule has 0 saturated carbocycles. The van der Waals surface area contributed by atoms with Gasteiger partial charge in [-0.05, 0) is 53.1 Å². The second kappa shape index (κ2) is 9.22. The molecular formula is C24H24N2O4S. The van der Waals surface area contributed by atoms with Gasteiger partial charge in [-0.1, -0.05) is 42.5 Å². The smallest absolute Gasteiger partial charge is 0.244 e. The molecule has 0 spiro atoms. The van der Waals surface area contributed by atoms with Gasteiger partial charge in [-0.3, -0.25) is 9.10 Å². The number of carbonyl (C=O) groups is 1. The number of sulfonamides is 1. The second-order valence-corrected chi connectivity index (χ2v) is 9.33. The Labute approximate surface area is 182 Å². The van der Waals surface area contributed by atoms with Crippen molar-refractivity contribution in [2.45, 2.75) is 6.42 Å². The largest absolute Gasteiger partial charge is 0.492 e. The van der Waals surface area contributed by atoms with Crippen molar-refractivity contribution in [2.75, 3.05) is 29.8 Å². The lowest BCUT2D eigenvalue weighted by molar-refractivity contribution is -0.116. The van der Waals surface area contributed by atoms with Gasteiger partial charge < -0.3 is 10.1 Å². The quantitative estimate of drug-likeness (QED) is 0.454. The Kier molecular flexibility index (Phi) is 6.23. The molecule has 1 saturated heterocycles. The van der Waals surface area contributed by atoms with Crippen LogP contribution in [0.25, 0.3) is 16.8 Å². The Bertz CT molecular complexity index is 1200. The Morgan fingerprint density at radius 2 is 1.81 bits per heavy atom. The topological polar surface area (TPSA) is 75.7 Å². The van der Waals surface area contributed by atoms with E-state index in [4.69, 9.17) is 4.74 Å². The fourth-order valence-corrected chi connectivity index (χ4v) is 5.08. The van der Waals surface area contributed by atoms with Gasteiger partial charge in [0.25, 0.3) is 0 Å². The monoisotopic (exact) mass is 436 g/mol. The number of rotatable bonds is 7. The van der Waals surface area contributed by atoms with Gasteiger partial charge in [-0.2, -0.15) is 0 Å². The number of amides is 1. The van der Waals surface area contributed by atoms with Crippen molar-refractivity contribution in [3.63, 3.8) is 0 Å². The number of fused-ring (bicyclic) bond motifs is 1. The highest BCUT2D eigenvalue weighted by molar-refractivity contribution is 7.93. The molecule has 0 atom stereocenters. The molecule has 3 aromatic rings. The molecule has 3 aromatic carbocycles. The molecule has 0 unspecified atom stereocenters. The predicted molar refractivity (Wildman–Crippen MR) is 124 cm³/mol. The van der Waals surface area contributed by atoms with Crippen LogP contribution in [-0.2, 0) is 14.8 Å². The number of carbonyl (C=O) groups excluding carboxylic acids is 1. The first-order chi connectivity index (χ1) is 15.0. The van der Waals surface area contributed by atoms with Crippen LogP contribution in [-0.4, -0.2) is 39.8 Å². The van der Waals surface area contributed by atoms with Crippen LogP contribution in [0.2, 0.25) is 0 Å². The first-order valence-electron chi connectivity index (χ1n) is 10.2. The van der Waals surface area contributed by atoms with Crippen LogP contribution in [0.3, 0.4) is 0 Å². The molecule has 1 fully saturated rings. The van der Waals surface area contributed by atoms with Crippen molar-refractivity contribution in [3.05, 3.63) is 78.4 Å². The minimum atomic E-state index is -3.18. The number of hydrogen-bond acceptors (Lipinski definition) is 4. The predicted octanol–water partition coefficient (Wildman–Crippen LogP) is 3.59. The lowest BCUT2D eigenvalue weighted by atomic mass is 10.1. The Morgan fingerprint density at radius 1 is 1.03 bits per heavy atom. The highest BCUT2D eigenvalue weighted by Crippen LogP contribution is 2.24. The molecule has 1 aliphatic heterocycles. The third kappa shape index (κ3) is 5.24. The summed E-state index contributed by atoms with van der Waals surface area (Å²) in [5.41, 5.74) is 1.48. The normalized spacial score (nSPS) is 15.4. The zero-order valence-electron chi connectivity index (χ0n) is 17.0. The Morgan fingerprint density at radius 3 is 2.55 bits per heavy atom. The summed E-state index contributed by atoms with van der Waals surface area (Å²) >= 11 is 0. The molecule has 6 nitrogen and oxygen atoms in total. The third-order valence-electron chi connectivity index (χ3n) is 5.10. The molecule has 0 aromatic heterocycles. The maximum Gasteiger partial charge on any atom is 0.244 e. The Balaban J connectivity index is 1.24. The van der Waals surface area contributed by atoms with Crippen LogP contribution in [0.15, 0.2) is 72.8 Å². The molecule has 0 aliphatic carbocycles. The van der Waals surface area contributed by atoms with E-state index >= 15 is 0 Å². The zero-order chi connectivity index (χ0) is 21.7. The number of nitrogens with zero attached hydrogens (tertiary/aromatic N) is 1. The van der Waals surface area contributed by atoms with Gasteiger partial charge in [0, 0.05) is 12.6 Å². The summed E-state index contributed by atoms with van der Waals surface area (Å²) in [4.78, 5) is 12.0. The van der Waals surface area contributed by atoms with E-state index in [1.807, 2.05) is 42.5 Å². The van der Waals surface area contributed by atoms with Gasteiger partial charge in [0.15, 0.2) is 0 Å². The minimum absolute atomic E-state index is 0.194. The van der Waals surface area contributed by atoms with Crippen molar-refractivity contribution in [1.29, 1.82) is 0 Å². The first-order valence-corrected chi connectivity index (χ1v) is 11.8. The van der Waals surface area contributed by atoms with E-state index in [0.717, 1.165) is 22.1 Å². The van der Waals surface area contributed by atoms with Gasteiger partial charge in [0.2, 0.25) is 15.9 Å². The van der Waals surface area contributed by atoms with Gasteiger partial charge in [0.1, 0.15) is 12.4 Å². The lowest BCUT2D eigenvalue weighted by Gasteiger charge is -2.16. The number of hydrogen-bond donors (Lipinski definition) is 1. The molecule has 1 heterocycles. The van der Waals surface area contributed by atoms with Gasteiger partial charge in [-0.15, -0.1) is 0 Å². The standard InChI is InChI=1S/C24H24N2O4S/c27-24(25-14-16-30-23-12-9-20-4-1-2-5-21(20)18-23)13-8-19-6-10-22(11-7-19)26-15-3-17-31(26,28)29/h1-2,4-13,18H,3,14-17H2,(H,25,27)/b13-8+. The average molecular weight is 437 g/mol. The van der Waals surface area contributed by atoms with Crippen LogP contribution in [0.5, 0.6) is 5.75 Å². The fourth-order valence-electron chi connectivity index (χ4n) is 3.51. The lowest BCUT2D eigenvalue weighted by Crippen LogP contribution is -2.26. The maximum atomic E-state index is 12.0. The summed E-state index contributed by atoms with van der Waals surface area (Å²) in [6.07, 6.45) is 3.80. The first kappa shape index (κ1) is 20.9. The van der Waals surface area contributed by atoms with Crippen molar-refractivity contribution in [1.82, 2.24) is 5.32 Å². The minimum Gasteiger partial charge on any atom is -0.492 e. The number of benzene rings is 3. The third-order valence-corrected chi connectivity index (χ3v) is 6.97. The molecule has 4 rings (SSSR count). The van der Waals surface area contributed by atoms with E-state index in [2.05, 4.69) is 5.32 Å². The molecule has 1 N–H and O–H groups in total. The molecule has 160 valence electrons. The highest BCUT2D eigenvalue weighted by Gasteiger charge is 2.28. The number of ether oxygens (including phenoxy) is 1. The van der Waals surface area contributed by atoms with Gasteiger partial charge >= 0.3 is 0 Å². The van der Waals surface area contributed by atoms with Crippen LogP contribution in [0, 0.1) is 0 Å². The second-order valence-electron chi connectivity index (χ2n) is 7.32. The van der Waals surface area contributed by atoms with E-state index in [9.17, 15) is 13.2 Å². The van der Waals surface area contributed by atoms with E-state index in [1.165, 1.54) is 10.4 Å². The van der Waals surface area contributed by atoms with Crippen molar-refractivity contribution in [3.8, 4) is 5.75 Å². The number of nitrogens with one attached hydrogen (secondary N) is 1. The molecule has 0 bridgehead atoms. The number of anilines is 1. The molecule has 1 aliphatic rings. The summed E-state index contributed by atoms with van der Waals surface area (Å²) in [6, 6.07) is 21.1. The van der Waals surface area contributed by atoms with Crippen molar-refractivity contribution < 1.29 is 17.9 Å². The van der Waals surface area contributed by atoms with Crippen LogP contribution >= 0.6 is 0 Å². The van der Waals surface area contributed by atoms with Crippen LogP contribution < -0.4 is 14.4 Å². The van der Waals surface area contributed by atoms with Crippen molar-refractivity contribution in [2.24, 2.45) is 0 Å². The maximum absolute atomic E-state index is 12.0. The summed E-state index contributed by atoms with van der Waals surface area (Å²) in [5, 5.41) is 5.06. The van der Waals surface area contributed by atoms with E-state index in [0.29, 0.717) is 31.8 Å². The highest BCUT2D eigenvalue weighted by atomic mass is 32.2. The molecule has 1 amide bonds. The fraction of sp³-hybridized carbons (Fsp3) is 0.208. The van der Waals surface area contributed by atoms with Crippen LogP contribution in [0.4, 0.5) is 5.69 Å².